The standard InChI is InChI=1S/C13H16O/c1-9-6-11(3)12(7-10(9)2)13(8-14)4-5-13/h6-8H,4-5H2,1-3H3. The molecule has 74 valence electrons. The van der Waals surface area contributed by atoms with Crippen LogP contribution in [0, 0.1) is 20.8 Å². The molecule has 0 aromatic heterocycles. The summed E-state index contributed by atoms with van der Waals surface area (Å²) in [6.07, 6.45) is 3.18. The van der Waals surface area contributed by atoms with Gasteiger partial charge in [-0.2, -0.15) is 0 Å². The lowest BCUT2D eigenvalue weighted by Gasteiger charge is -2.14. The van der Waals surface area contributed by atoms with Crippen molar-refractivity contribution in [2.75, 3.05) is 0 Å². The fourth-order valence-corrected chi connectivity index (χ4v) is 2.08. The zero-order valence-electron chi connectivity index (χ0n) is 9.05. The van der Waals surface area contributed by atoms with Crippen LogP contribution in [0.25, 0.3) is 0 Å². The average molecular weight is 188 g/mol. The second kappa shape index (κ2) is 2.94. The minimum atomic E-state index is -0.122. The maximum atomic E-state index is 11.0. The van der Waals surface area contributed by atoms with Crippen LogP contribution in [0.2, 0.25) is 0 Å². The predicted octanol–water partition coefficient (Wildman–Crippen LogP) is 2.84. The van der Waals surface area contributed by atoms with Crippen molar-refractivity contribution >= 4 is 6.29 Å². The molecule has 1 aliphatic rings. The smallest absolute Gasteiger partial charge is 0.130 e. The van der Waals surface area contributed by atoms with Gasteiger partial charge in [-0.1, -0.05) is 12.1 Å². The van der Waals surface area contributed by atoms with Gasteiger partial charge in [0.05, 0.1) is 5.41 Å². The first-order valence-corrected chi connectivity index (χ1v) is 5.14. The fourth-order valence-electron chi connectivity index (χ4n) is 2.08. The highest BCUT2D eigenvalue weighted by atomic mass is 16.1. The molecule has 0 aliphatic heterocycles. The van der Waals surface area contributed by atoms with E-state index in [1.54, 1.807) is 0 Å². The molecule has 0 bridgehead atoms. The molecule has 0 amide bonds. The van der Waals surface area contributed by atoms with Gasteiger partial charge in [0.2, 0.25) is 0 Å². The van der Waals surface area contributed by atoms with Crippen LogP contribution >= 0.6 is 0 Å². The number of carbonyl (C=O) groups is 1. The van der Waals surface area contributed by atoms with Crippen molar-refractivity contribution in [3.63, 3.8) is 0 Å². The van der Waals surface area contributed by atoms with Gasteiger partial charge in [-0.25, -0.2) is 0 Å². The molecule has 1 fully saturated rings. The Labute approximate surface area is 85.1 Å². The summed E-state index contributed by atoms with van der Waals surface area (Å²) in [5.74, 6) is 0. The van der Waals surface area contributed by atoms with Gasteiger partial charge >= 0.3 is 0 Å². The first kappa shape index (κ1) is 9.45. The summed E-state index contributed by atoms with van der Waals surface area (Å²) in [7, 11) is 0. The number of carbonyl (C=O) groups excluding carboxylic acids is 1. The van der Waals surface area contributed by atoms with Crippen LogP contribution in [-0.2, 0) is 10.2 Å². The summed E-state index contributed by atoms with van der Waals surface area (Å²) in [6.45, 7) is 6.33. The molecule has 14 heavy (non-hydrogen) atoms. The molecular formula is C13H16O. The van der Waals surface area contributed by atoms with E-state index in [4.69, 9.17) is 0 Å². The second-order valence-corrected chi connectivity index (χ2v) is 4.53. The van der Waals surface area contributed by atoms with E-state index in [9.17, 15) is 4.79 Å². The first-order valence-electron chi connectivity index (χ1n) is 5.14. The monoisotopic (exact) mass is 188 g/mol. The van der Waals surface area contributed by atoms with Crippen molar-refractivity contribution in [1.29, 1.82) is 0 Å². The highest BCUT2D eigenvalue weighted by Gasteiger charge is 2.45. The maximum Gasteiger partial charge on any atom is 0.130 e. The third kappa shape index (κ3) is 1.28. The Balaban J connectivity index is 2.54. The van der Waals surface area contributed by atoms with E-state index in [-0.39, 0.29) is 5.41 Å². The zero-order chi connectivity index (χ0) is 10.3. The van der Waals surface area contributed by atoms with E-state index in [1.165, 1.54) is 22.3 Å². The Morgan fingerprint density at radius 3 is 2.14 bits per heavy atom. The lowest BCUT2D eigenvalue weighted by atomic mass is 9.90. The van der Waals surface area contributed by atoms with Gasteiger partial charge in [-0.15, -0.1) is 0 Å². The van der Waals surface area contributed by atoms with Gasteiger partial charge < -0.3 is 4.79 Å². The van der Waals surface area contributed by atoms with Crippen molar-refractivity contribution in [2.24, 2.45) is 0 Å². The summed E-state index contributed by atoms with van der Waals surface area (Å²) in [4.78, 5) is 11.0. The third-order valence-corrected chi connectivity index (χ3v) is 3.39. The van der Waals surface area contributed by atoms with Crippen LogP contribution < -0.4 is 0 Å². The molecule has 1 aliphatic carbocycles. The zero-order valence-corrected chi connectivity index (χ0v) is 9.05. The number of benzene rings is 1. The highest BCUT2D eigenvalue weighted by Crippen LogP contribution is 2.47. The first-order chi connectivity index (χ1) is 6.59. The maximum absolute atomic E-state index is 11.0. The highest BCUT2D eigenvalue weighted by molar-refractivity contribution is 5.74. The molecule has 1 nitrogen and oxygen atoms in total. The Hall–Kier alpha value is -1.11. The molecule has 1 aromatic rings. The van der Waals surface area contributed by atoms with E-state index in [2.05, 4.69) is 32.9 Å². The van der Waals surface area contributed by atoms with E-state index in [0.717, 1.165) is 19.1 Å². The number of rotatable bonds is 2. The molecule has 2 rings (SSSR count). The van der Waals surface area contributed by atoms with E-state index < -0.39 is 0 Å². The fraction of sp³-hybridized carbons (Fsp3) is 0.462. The molecule has 0 unspecified atom stereocenters. The lowest BCUT2D eigenvalue weighted by Crippen LogP contribution is -2.10. The van der Waals surface area contributed by atoms with E-state index in [0.29, 0.717) is 0 Å². The van der Waals surface area contributed by atoms with Crippen LogP contribution in [0.15, 0.2) is 12.1 Å². The molecular weight excluding hydrogens is 172 g/mol. The minimum Gasteiger partial charge on any atom is -0.302 e. The number of aryl methyl sites for hydroxylation is 3. The SMILES string of the molecule is Cc1cc(C)c(C2(C=O)CC2)cc1C. The molecule has 0 heterocycles. The summed E-state index contributed by atoms with van der Waals surface area (Å²) in [5.41, 5.74) is 4.99. The molecule has 1 aromatic carbocycles. The van der Waals surface area contributed by atoms with Crippen molar-refractivity contribution in [3.8, 4) is 0 Å². The predicted molar refractivity (Wildman–Crippen MR) is 57.6 cm³/mol. The van der Waals surface area contributed by atoms with E-state index >= 15 is 0 Å². The Morgan fingerprint density at radius 1 is 1.07 bits per heavy atom. The number of hydrogen-bond acceptors (Lipinski definition) is 1. The number of aldehydes is 1. The lowest BCUT2D eigenvalue weighted by molar-refractivity contribution is -0.109. The van der Waals surface area contributed by atoms with Crippen molar-refractivity contribution in [1.82, 2.24) is 0 Å². The summed E-state index contributed by atoms with van der Waals surface area (Å²) >= 11 is 0. The molecule has 1 saturated carbocycles. The van der Waals surface area contributed by atoms with Crippen LogP contribution in [0.3, 0.4) is 0 Å². The average Bonchev–Trinajstić information content (AvgIpc) is 2.92. The summed E-state index contributed by atoms with van der Waals surface area (Å²) < 4.78 is 0. The van der Waals surface area contributed by atoms with Gasteiger partial charge in [0, 0.05) is 0 Å². The van der Waals surface area contributed by atoms with Crippen LogP contribution in [-0.4, -0.2) is 6.29 Å². The molecule has 0 radical (unpaired) electrons. The molecule has 0 N–H and O–H groups in total. The van der Waals surface area contributed by atoms with Gasteiger partial charge in [0.15, 0.2) is 0 Å². The topological polar surface area (TPSA) is 17.1 Å². The molecule has 0 saturated heterocycles. The van der Waals surface area contributed by atoms with Crippen LogP contribution in [0.1, 0.15) is 35.1 Å². The van der Waals surface area contributed by atoms with Gasteiger partial charge in [0.1, 0.15) is 6.29 Å². The largest absolute Gasteiger partial charge is 0.302 e. The van der Waals surface area contributed by atoms with Gasteiger partial charge in [0.25, 0.3) is 0 Å². The third-order valence-electron chi connectivity index (χ3n) is 3.39. The molecule has 0 atom stereocenters. The van der Waals surface area contributed by atoms with Gasteiger partial charge in [-0.3, -0.25) is 0 Å². The van der Waals surface area contributed by atoms with E-state index in [1.807, 2.05) is 0 Å². The summed E-state index contributed by atoms with van der Waals surface area (Å²) in [6, 6.07) is 4.38. The van der Waals surface area contributed by atoms with Gasteiger partial charge in [-0.05, 0) is 55.9 Å². The van der Waals surface area contributed by atoms with Crippen molar-refractivity contribution in [2.45, 2.75) is 39.0 Å². The van der Waals surface area contributed by atoms with Crippen LogP contribution in [0.5, 0.6) is 0 Å². The second-order valence-electron chi connectivity index (χ2n) is 4.53. The molecule has 0 spiro atoms. The van der Waals surface area contributed by atoms with Crippen molar-refractivity contribution < 1.29 is 4.79 Å². The molecule has 1 heteroatoms. The Kier molecular flexibility index (Phi) is 1.99. The Bertz CT molecular complexity index is 386. The van der Waals surface area contributed by atoms with Crippen LogP contribution in [0.4, 0.5) is 0 Å². The normalized spacial score (nSPS) is 17.9. The minimum absolute atomic E-state index is 0.122. The quantitative estimate of drug-likeness (QED) is 0.652. The Morgan fingerprint density at radius 2 is 1.64 bits per heavy atom. The van der Waals surface area contributed by atoms with Crippen molar-refractivity contribution in [3.05, 3.63) is 34.4 Å². The summed E-state index contributed by atoms with van der Waals surface area (Å²) in [5, 5.41) is 0. The number of hydrogen-bond donors (Lipinski definition) is 0.